The SMILES string of the molecule is CNCCCC1=CCCN=C1. The highest BCUT2D eigenvalue weighted by Gasteiger charge is 1.96. The van der Waals surface area contributed by atoms with Crippen LogP contribution in [-0.2, 0) is 0 Å². The Morgan fingerprint density at radius 2 is 2.55 bits per heavy atom. The zero-order valence-corrected chi connectivity index (χ0v) is 7.14. The van der Waals surface area contributed by atoms with Crippen LogP contribution in [0.15, 0.2) is 16.6 Å². The van der Waals surface area contributed by atoms with Crippen LogP contribution in [0.5, 0.6) is 0 Å². The Balaban J connectivity index is 2.15. The van der Waals surface area contributed by atoms with Crippen LogP contribution in [0.4, 0.5) is 0 Å². The van der Waals surface area contributed by atoms with Crippen molar-refractivity contribution in [1.82, 2.24) is 5.32 Å². The first-order valence-corrected chi connectivity index (χ1v) is 4.27. The standard InChI is InChI=1S/C9H16N2/c1-10-6-2-4-9-5-3-7-11-8-9/h5,8,10H,2-4,6-7H2,1H3. The number of hydrogen-bond acceptors (Lipinski definition) is 2. The number of allylic oxidation sites excluding steroid dienone is 1. The maximum atomic E-state index is 4.22. The molecule has 1 rings (SSSR count). The van der Waals surface area contributed by atoms with Gasteiger partial charge in [0, 0.05) is 12.8 Å². The average Bonchev–Trinajstić information content (AvgIpc) is 2.07. The van der Waals surface area contributed by atoms with E-state index in [1.807, 2.05) is 13.3 Å². The molecule has 0 atom stereocenters. The molecule has 0 aromatic rings. The zero-order valence-electron chi connectivity index (χ0n) is 7.14. The highest BCUT2D eigenvalue weighted by atomic mass is 14.8. The molecule has 0 aromatic heterocycles. The summed E-state index contributed by atoms with van der Waals surface area (Å²) in [5, 5.41) is 3.14. The molecule has 1 aliphatic heterocycles. The van der Waals surface area contributed by atoms with Crippen molar-refractivity contribution in [3.05, 3.63) is 11.6 Å². The van der Waals surface area contributed by atoms with Gasteiger partial charge in [-0.15, -0.1) is 0 Å². The van der Waals surface area contributed by atoms with E-state index in [-0.39, 0.29) is 0 Å². The predicted octanol–water partition coefficient (Wildman–Crippen LogP) is 1.39. The summed E-state index contributed by atoms with van der Waals surface area (Å²) in [6.07, 6.45) is 7.83. The molecule has 1 N–H and O–H groups in total. The van der Waals surface area contributed by atoms with E-state index in [9.17, 15) is 0 Å². The van der Waals surface area contributed by atoms with Crippen molar-refractivity contribution in [2.75, 3.05) is 20.1 Å². The molecule has 1 aliphatic rings. The van der Waals surface area contributed by atoms with Gasteiger partial charge in [-0.1, -0.05) is 6.08 Å². The molecule has 0 fully saturated rings. The fraction of sp³-hybridized carbons (Fsp3) is 0.667. The summed E-state index contributed by atoms with van der Waals surface area (Å²) in [5.74, 6) is 0. The van der Waals surface area contributed by atoms with Gasteiger partial charge >= 0.3 is 0 Å². The molecule has 2 heteroatoms. The third kappa shape index (κ3) is 3.33. The summed E-state index contributed by atoms with van der Waals surface area (Å²) in [6.45, 7) is 2.08. The summed E-state index contributed by atoms with van der Waals surface area (Å²) < 4.78 is 0. The Morgan fingerprint density at radius 1 is 1.64 bits per heavy atom. The second-order valence-electron chi connectivity index (χ2n) is 2.81. The van der Waals surface area contributed by atoms with Gasteiger partial charge in [0.1, 0.15) is 0 Å². The second-order valence-corrected chi connectivity index (χ2v) is 2.81. The van der Waals surface area contributed by atoms with Gasteiger partial charge in [-0.2, -0.15) is 0 Å². The van der Waals surface area contributed by atoms with E-state index >= 15 is 0 Å². The summed E-state index contributed by atoms with van der Waals surface area (Å²) in [4.78, 5) is 4.22. The molecule has 0 aromatic carbocycles. The number of nitrogens with zero attached hydrogens (tertiary/aromatic N) is 1. The van der Waals surface area contributed by atoms with Gasteiger partial charge in [0.15, 0.2) is 0 Å². The number of hydrogen-bond donors (Lipinski definition) is 1. The van der Waals surface area contributed by atoms with Crippen molar-refractivity contribution in [3.8, 4) is 0 Å². The molecule has 11 heavy (non-hydrogen) atoms. The van der Waals surface area contributed by atoms with E-state index in [2.05, 4.69) is 16.4 Å². The minimum atomic E-state index is 0.982. The van der Waals surface area contributed by atoms with Gasteiger partial charge in [0.25, 0.3) is 0 Å². The van der Waals surface area contributed by atoms with Gasteiger partial charge < -0.3 is 5.32 Å². The molecule has 0 spiro atoms. The van der Waals surface area contributed by atoms with Crippen molar-refractivity contribution in [3.63, 3.8) is 0 Å². The summed E-state index contributed by atoms with van der Waals surface area (Å²) in [7, 11) is 1.99. The normalized spacial score (nSPS) is 16.6. The molecule has 1 heterocycles. The molecule has 0 unspecified atom stereocenters. The Hall–Kier alpha value is -0.630. The molecule has 2 nitrogen and oxygen atoms in total. The van der Waals surface area contributed by atoms with Crippen molar-refractivity contribution >= 4 is 6.21 Å². The Labute approximate surface area is 68.4 Å². The largest absolute Gasteiger partial charge is 0.320 e. The minimum Gasteiger partial charge on any atom is -0.320 e. The van der Waals surface area contributed by atoms with Crippen LogP contribution in [0.25, 0.3) is 0 Å². The number of nitrogens with one attached hydrogen (secondary N) is 1. The predicted molar refractivity (Wildman–Crippen MR) is 49.2 cm³/mol. The van der Waals surface area contributed by atoms with Crippen molar-refractivity contribution in [1.29, 1.82) is 0 Å². The van der Waals surface area contributed by atoms with Crippen LogP contribution in [0.3, 0.4) is 0 Å². The molecule has 0 bridgehead atoms. The van der Waals surface area contributed by atoms with E-state index in [0.717, 1.165) is 19.5 Å². The summed E-state index contributed by atoms with van der Waals surface area (Å²) in [6, 6.07) is 0. The van der Waals surface area contributed by atoms with Gasteiger partial charge in [0.05, 0.1) is 0 Å². The molecular weight excluding hydrogens is 136 g/mol. The molecular formula is C9H16N2. The van der Waals surface area contributed by atoms with Crippen LogP contribution in [0.2, 0.25) is 0 Å². The van der Waals surface area contributed by atoms with Crippen molar-refractivity contribution < 1.29 is 0 Å². The Morgan fingerprint density at radius 3 is 3.18 bits per heavy atom. The summed E-state index contributed by atoms with van der Waals surface area (Å²) >= 11 is 0. The van der Waals surface area contributed by atoms with E-state index in [4.69, 9.17) is 0 Å². The molecule has 62 valence electrons. The van der Waals surface area contributed by atoms with E-state index < -0.39 is 0 Å². The number of dihydropyridines is 1. The number of rotatable bonds is 4. The highest BCUT2D eigenvalue weighted by Crippen LogP contribution is 2.06. The smallest absolute Gasteiger partial charge is 0.0424 e. The molecule has 0 radical (unpaired) electrons. The first-order valence-electron chi connectivity index (χ1n) is 4.27. The van der Waals surface area contributed by atoms with Gasteiger partial charge in [-0.05, 0) is 38.4 Å². The molecule has 0 saturated carbocycles. The van der Waals surface area contributed by atoms with Crippen LogP contribution in [0.1, 0.15) is 19.3 Å². The Kier molecular flexibility index (Phi) is 3.91. The molecule has 0 saturated heterocycles. The third-order valence-electron chi connectivity index (χ3n) is 1.81. The first-order chi connectivity index (χ1) is 5.43. The lowest BCUT2D eigenvalue weighted by molar-refractivity contribution is 0.726. The van der Waals surface area contributed by atoms with E-state index in [0.29, 0.717) is 0 Å². The lowest BCUT2D eigenvalue weighted by Gasteiger charge is -2.05. The van der Waals surface area contributed by atoms with E-state index in [1.54, 1.807) is 0 Å². The maximum Gasteiger partial charge on any atom is 0.0424 e. The van der Waals surface area contributed by atoms with Gasteiger partial charge in [0.2, 0.25) is 0 Å². The van der Waals surface area contributed by atoms with Crippen molar-refractivity contribution in [2.24, 2.45) is 4.99 Å². The van der Waals surface area contributed by atoms with Crippen LogP contribution in [-0.4, -0.2) is 26.4 Å². The quantitative estimate of drug-likeness (QED) is 0.605. The van der Waals surface area contributed by atoms with Crippen molar-refractivity contribution in [2.45, 2.75) is 19.3 Å². The average molecular weight is 152 g/mol. The molecule has 0 amide bonds. The lowest BCUT2D eigenvalue weighted by atomic mass is 10.1. The fourth-order valence-corrected chi connectivity index (χ4v) is 1.19. The lowest BCUT2D eigenvalue weighted by Crippen LogP contribution is -2.08. The summed E-state index contributed by atoms with van der Waals surface area (Å²) in [5.41, 5.74) is 1.41. The number of aliphatic imine (C=N–C) groups is 1. The topological polar surface area (TPSA) is 24.4 Å². The zero-order chi connectivity index (χ0) is 7.94. The van der Waals surface area contributed by atoms with Crippen LogP contribution in [0, 0.1) is 0 Å². The van der Waals surface area contributed by atoms with Gasteiger partial charge in [-0.25, -0.2) is 0 Å². The maximum absolute atomic E-state index is 4.22. The van der Waals surface area contributed by atoms with Crippen LogP contribution >= 0.6 is 0 Å². The monoisotopic (exact) mass is 152 g/mol. The Bertz CT molecular complexity index is 159. The minimum absolute atomic E-state index is 0.982. The fourth-order valence-electron chi connectivity index (χ4n) is 1.19. The first kappa shape index (κ1) is 8.47. The van der Waals surface area contributed by atoms with Crippen LogP contribution < -0.4 is 5.32 Å². The van der Waals surface area contributed by atoms with E-state index in [1.165, 1.54) is 18.4 Å². The third-order valence-corrected chi connectivity index (χ3v) is 1.81. The highest BCUT2D eigenvalue weighted by molar-refractivity contribution is 5.79. The molecule has 0 aliphatic carbocycles. The van der Waals surface area contributed by atoms with Gasteiger partial charge in [-0.3, -0.25) is 4.99 Å². The second kappa shape index (κ2) is 5.08.